The van der Waals surface area contributed by atoms with E-state index in [-0.39, 0.29) is 17.9 Å². The van der Waals surface area contributed by atoms with Crippen molar-refractivity contribution in [2.45, 2.75) is 70.9 Å². The standard InChI is InChI=1S/C23H34N2O4/c1-16-13-17(2)20(18(3)14-16)15-21(26)25(19-7-6-8-19)23(22(27)28-4)9-11-24(29-5)12-10-23/h13-14,19H,6-12,15H2,1-5H3. The monoisotopic (exact) mass is 402 g/mol. The van der Waals surface area contributed by atoms with Crippen molar-refractivity contribution in [1.29, 1.82) is 0 Å². The van der Waals surface area contributed by atoms with E-state index in [2.05, 4.69) is 32.9 Å². The second-order valence-corrected chi connectivity index (χ2v) is 8.54. The SMILES string of the molecule is COC(=O)C1(N(C(=O)Cc2c(C)cc(C)cc2C)C2CCC2)CCN(OC)CC1. The zero-order valence-corrected chi connectivity index (χ0v) is 18.4. The number of methoxy groups -OCH3 is 1. The van der Waals surface area contributed by atoms with Crippen LogP contribution in [0.25, 0.3) is 0 Å². The molecule has 1 aromatic carbocycles. The number of aryl methyl sites for hydroxylation is 3. The summed E-state index contributed by atoms with van der Waals surface area (Å²) in [4.78, 5) is 34.0. The van der Waals surface area contributed by atoms with Crippen molar-refractivity contribution in [3.8, 4) is 0 Å². The number of carbonyl (C=O) groups is 2. The van der Waals surface area contributed by atoms with E-state index in [1.807, 2.05) is 9.96 Å². The summed E-state index contributed by atoms with van der Waals surface area (Å²) in [6.45, 7) is 7.39. The van der Waals surface area contributed by atoms with Gasteiger partial charge in [-0.3, -0.25) is 4.79 Å². The molecule has 1 saturated carbocycles. The zero-order chi connectivity index (χ0) is 21.2. The third-order valence-corrected chi connectivity index (χ3v) is 6.71. The van der Waals surface area contributed by atoms with Gasteiger partial charge in [0.2, 0.25) is 5.91 Å². The number of amides is 1. The highest BCUT2D eigenvalue weighted by Gasteiger charge is 2.52. The Kier molecular flexibility index (Phi) is 6.64. The van der Waals surface area contributed by atoms with E-state index >= 15 is 0 Å². The van der Waals surface area contributed by atoms with Crippen molar-refractivity contribution in [3.63, 3.8) is 0 Å². The number of nitrogens with zero attached hydrogens (tertiary/aromatic N) is 2. The molecule has 0 atom stereocenters. The summed E-state index contributed by atoms with van der Waals surface area (Å²) in [6.07, 6.45) is 4.37. The molecule has 1 aromatic rings. The van der Waals surface area contributed by atoms with Crippen LogP contribution in [-0.4, -0.2) is 60.7 Å². The molecule has 0 radical (unpaired) electrons. The van der Waals surface area contributed by atoms with Gasteiger partial charge in [0.25, 0.3) is 0 Å². The van der Waals surface area contributed by atoms with Crippen LogP contribution in [0.4, 0.5) is 0 Å². The Morgan fingerprint density at radius 2 is 1.69 bits per heavy atom. The number of piperidine rings is 1. The van der Waals surface area contributed by atoms with E-state index in [0.29, 0.717) is 32.4 Å². The number of esters is 1. The van der Waals surface area contributed by atoms with Gasteiger partial charge in [-0.15, -0.1) is 0 Å². The van der Waals surface area contributed by atoms with Gasteiger partial charge in [0.05, 0.1) is 20.6 Å². The van der Waals surface area contributed by atoms with Crippen molar-refractivity contribution in [2.75, 3.05) is 27.3 Å². The summed E-state index contributed by atoms with van der Waals surface area (Å²) in [5, 5.41) is 1.85. The highest BCUT2D eigenvalue weighted by Crippen LogP contribution is 2.38. The van der Waals surface area contributed by atoms with Gasteiger partial charge in [0.15, 0.2) is 0 Å². The number of ether oxygens (including phenoxy) is 1. The molecule has 29 heavy (non-hydrogen) atoms. The fourth-order valence-corrected chi connectivity index (χ4v) is 4.93. The lowest BCUT2D eigenvalue weighted by Crippen LogP contribution is -2.66. The van der Waals surface area contributed by atoms with Crippen LogP contribution in [-0.2, 0) is 25.6 Å². The Hall–Kier alpha value is -1.92. The highest BCUT2D eigenvalue weighted by atomic mass is 16.7. The first-order chi connectivity index (χ1) is 13.8. The minimum Gasteiger partial charge on any atom is -0.467 e. The molecule has 3 rings (SSSR count). The molecule has 1 amide bonds. The molecule has 2 aliphatic rings. The first-order valence-electron chi connectivity index (χ1n) is 10.6. The van der Waals surface area contributed by atoms with Gasteiger partial charge in [-0.1, -0.05) is 17.7 Å². The molecule has 1 aliphatic carbocycles. The fourth-order valence-electron chi connectivity index (χ4n) is 4.93. The average Bonchev–Trinajstić information content (AvgIpc) is 2.66. The van der Waals surface area contributed by atoms with Crippen molar-refractivity contribution < 1.29 is 19.2 Å². The van der Waals surface area contributed by atoms with Crippen molar-refractivity contribution >= 4 is 11.9 Å². The zero-order valence-electron chi connectivity index (χ0n) is 18.4. The Bertz CT molecular complexity index is 741. The largest absolute Gasteiger partial charge is 0.467 e. The molecule has 0 aromatic heterocycles. The maximum absolute atomic E-state index is 13.7. The van der Waals surface area contributed by atoms with Crippen LogP contribution in [0.2, 0.25) is 0 Å². The Morgan fingerprint density at radius 1 is 1.10 bits per heavy atom. The number of benzene rings is 1. The van der Waals surface area contributed by atoms with Crippen LogP contribution in [0.1, 0.15) is 54.4 Å². The summed E-state index contributed by atoms with van der Waals surface area (Å²) in [5.74, 6) is -0.271. The molecular formula is C23H34N2O4. The molecule has 6 heteroatoms. The third kappa shape index (κ3) is 4.19. The van der Waals surface area contributed by atoms with Crippen molar-refractivity contribution in [1.82, 2.24) is 9.96 Å². The van der Waals surface area contributed by atoms with E-state index in [4.69, 9.17) is 9.57 Å². The van der Waals surface area contributed by atoms with Crippen molar-refractivity contribution in [3.05, 3.63) is 34.4 Å². The third-order valence-electron chi connectivity index (χ3n) is 6.71. The normalized spacial score (nSPS) is 19.5. The molecular weight excluding hydrogens is 368 g/mol. The lowest BCUT2D eigenvalue weighted by molar-refractivity contribution is -0.191. The summed E-state index contributed by atoms with van der Waals surface area (Å²) >= 11 is 0. The molecule has 0 bridgehead atoms. The topological polar surface area (TPSA) is 59.1 Å². The molecule has 1 saturated heterocycles. The molecule has 0 N–H and O–H groups in total. The number of hydrogen-bond donors (Lipinski definition) is 0. The van der Waals surface area contributed by atoms with Crippen LogP contribution < -0.4 is 0 Å². The lowest BCUT2D eigenvalue weighted by Gasteiger charge is -2.51. The molecule has 1 heterocycles. The van der Waals surface area contributed by atoms with E-state index in [1.54, 1.807) is 7.11 Å². The average molecular weight is 403 g/mol. The van der Waals surface area contributed by atoms with Gasteiger partial charge in [-0.2, -0.15) is 5.06 Å². The first kappa shape index (κ1) is 21.8. The summed E-state index contributed by atoms with van der Waals surface area (Å²) in [7, 11) is 3.06. The van der Waals surface area contributed by atoms with Gasteiger partial charge in [0, 0.05) is 19.1 Å². The smallest absolute Gasteiger partial charge is 0.331 e. The maximum Gasteiger partial charge on any atom is 0.331 e. The van der Waals surface area contributed by atoms with E-state index < -0.39 is 5.54 Å². The minimum atomic E-state index is -0.904. The van der Waals surface area contributed by atoms with Crippen LogP contribution in [0.15, 0.2) is 12.1 Å². The maximum atomic E-state index is 13.7. The quantitative estimate of drug-likeness (QED) is 0.685. The van der Waals surface area contributed by atoms with E-state index in [1.165, 1.54) is 12.7 Å². The van der Waals surface area contributed by atoms with E-state index in [0.717, 1.165) is 36.0 Å². The number of hydrogen-bond acceptors (Lipinski definition) is 5. The van der Waals surface area contributed by atoms with E-state index in [9.17, 15) is 9.59 Å². The lowest BCUT2D eigenvalue weighted by atomic mass is 9.80. The molecule has 1 aliphatic heterocycles. The number of hydroxylamine groups is 2. The highest BCUT2D eigenvalue weighted by molar-refractivity contribution is 5.90. The summed E-state index contributed by atoms with van der Waals surface area (Å²) in [5.41, 5.74) is 3.62. The number of carbonyl (C=O) groups excluding carboxylic acids is 2. The fraction of sp³-hybridized carbons (Fsp3) is 0.652. The first-order valence-corrected chi connectivity index (χ1v) is 10.6. The minimum absolute atomic E-state index is 0.0287. The van der Waals surface area contributed by atoms with Gasteiger partial charge >= 0.3 is 5.97 Å². The van der Waals surface area contributed by atoms with Gasteiger partial charge in [-0.05, 0) is 69.6 Å². The van der Waals surface area contributed by atoms with Crippen LogP contribution >= 0.6 is 0 Å². The number of rotatable bonds is 6. The summed E-state index contributed by atoms with van der Waals surface area (Å²) in [6, 6.07) is 4.36. The van der Waals surface area contributed by atoms with Gasteiger partial charge < -0.3 is 14.5 Å². The van der Waals surface area contributed by atoms with Gasteiger partial charge in [-0.25, -0.2) is 4.79 Å². The Balaban J connectivity index is 1.94. The molecule has 2 fully saturated rings. The molecule has 0 unspecified atom stereocenters. The van der Waals surface area contributed by atoms with Crippen LogP contribution in [0.3, 0.4) is 0 Å². The van der Waals surface area contributed by atoms with Crippen LogP contribution in [0, 0.1) is 20.8 Å². The van der Waals surface area contributed by atoms with Crippen LogP contribution in [0.5, 0.6) is 0 Å². The molecule has 6 nitrogen and oxygen atoms in total. The second kappa shape index (κ2) is 8.84. The summed E-state index contributed by atoms with van der Waals surface area (Å²) < 4.78 is 5.23. The predicted octanol–water partition coefficient (Wildman–Crippen LogP) is 3.10. The molecule has 160 valence electrons. The molecule has 0 spiro atoms. The van der Waals surface area contributed by atoms with Crippen molar-refractivity contribution in [2.24, 2.45) is 0 Å². The van der Waals surface area contributed by atoms with Gasteiger partial charge in [0.1, 0.15) is 5.54 Å². The predicted molar refractivity (Wildman–Crippen MR) is 111 cm³/mol. The second-order valence-electron chi connectivity index (χ2n) is 8.54. The Morgan fingerprint density at radius 3 is 2.14 bits per heavy atom. The Labute approximate surface area is 174 Å².